The Bertz CT molecular complexity index is 1310. The number of aliphatic carboxylic acids is 1. The highest BCUT2D eigenvalue weighted by molar-refractivity contribution is 7.92. The maximum absolute atomic E-state index is 13.5. The van der Waals surface area contributed by atoms with E-state index in [4.69, 9.17) is 16.7 Å². The van der Waals surface area contributed by atoms with Gasteiger partial charge >= 0.3 is 5.97 Å². The molecule has 35 heavy (non-hydrogen) atoms. The Morgan fingerprint density at radius 3 is 2.20 bits per heavy atom. The van der Waals surface area contributed by atoms with Crippen LogP contribution in [0, 0.1) is 13.8 Å². The molecule has 0 bridgehead atoms. The maximum Gasteiger partial charge on any atom is 0.303 e. The molecule has 0 saturated carbocycles. The highest BCUT2D eigenvalue weighted by Crippen LogP contribution is 2.30. The molecule has 184 valence electrons. The summed E-state index contributed by atoms with van der Waals surface area (Å²) in [7, 11) is -4.04. The van der Waals surface area contributed by atoms with Crippen molar-refractivity contribution in [3.63, 3.8) is 0 Å². The molecule has 0 heterocycles. The third-order valence-electron chi connectivity index (χ3n) is 5.54. The second kappa shape index (κ2) is 11.4. The highest BCUT2D eigenvalue weighted by atomic mass is 35.5. The number of carbonyl (C=O) groups excluding carboxylic acids is 1. The first-order valence-corrected chi connectivity index (χ1v) is 12.8. The zero-order chi connectivity index (χ0) is 25.6. The molecule has 0 spiro atoms. The van der Waals surface area contributed by atoms with Crippen LogP contribution in [0.25, 0.3) is 0 Å². The molecule has 3 aromatic rings. The minimum atomic E-state index is -4.04. The minimum Gasteiger partial charge on any atom is -0.481 e. The van der Waals surface area contributed by atoms with Crippen LogP contribution < -0.4 is 9.62 Å². The normalized spacial score (nSPS) is 11.2. The summed E-state index contributed by atoms with van der Waals surface area (Å²) < 4.78 is 28.1. The van der Waals surface area contributed by atoms with Crippen molar-refractivity contribution in [1.29, 1.82) is 0 Å². The first kappa shape index (κ1) is 26.2. The quantitative estimate of drug-likeness (QED) is 0.415. The Labute approximate surface area is 210 Å². The Hall–Kier alpha value is -3.36. The van der Waals surface area contributed by atoms with E-state index in [-0.39, 0.29) is 17.9 Å². The third kappa shape index (κ3) is 6.83. The van der Waals surface area contributed by atoms with Crippen molar-refractivity contribution in [1.82, 2.24) is 5.32 Å². The number of carbonyl (C=O) groups is 2. The van der Waals surface area contributed by atoms with Crippen molar-refractivity contribution in [3.8, 4) is 0 Å². The fraction of sp³-hybridized carbons (Fsp3) is 0.231. The lowest BCUT2D eigenvalue weighted by Gasteiger charge is -2.26. The van der Waals surface area contributed by atoms with Crippen LogP contribution in [0.2, 0.25) is 5.02 Å². The van der Waals surface area contributed by atoms with Crippen molar-refractivity contribution in [2.24, 2.45) is 0 Å². The first-order valence-electron chi connectivity index (χ1n) is 11.0. The second-order valence-electron chi connectivity index (χ2n) is 8.20. The van der Waals surface area contributed by atoms with Crippen LogP contribution in [0.4, 0.5) is 5.69 Å². The molecule has 0 saturated heterocycles. The Kier molecular flexibility index (Phi) is 8.53. The molecule has 0 aliphatic heterocycles. The van der Waals surface area contributed by atoms with Crippen molar-refractivity contribution < 1.29 is 23.1 Å². The summed E-state index contributed by atoms with van der Waals surface area (Å²) >= 11 is 6.25. The largest absolute Gasteiger partial charge is 0.481 e. The summed E-state index contributed by atoms with van der Waals surface area (Å²) in [4.78, 5) is 23.7. The van der Waals surface area contributed by atoms with Crippen molar-refractivity contribution >= 4 is 39.2 Å². The van der Waals surface area contributed by atoms with Gasteiger partial charge in [-0.15, -0.1) is 0 Å². The molecule has 0 aliphatic rings. The van der Waals surface area contributed by atoms with Crippen LogP contribution in [0.1, 0.15) is 28.7 Å². The summed E-state index contributed by atoms with van der Waals surface area (Å²) in [6, 6.07) is 18.6. The van der Waals surface area contributed by atoms with Gasteiger partial charge in [-0.05, 0) is 61.2 Å². The van der Waals surface area contributed by atoms with Crippen LogP contribution in [-0.4, -0.2) is 31.9 Å². The fourth-order valence-electron chi connectivity index (χ4n) is 3.47. The number of carboxylic acid groups (broad SMARTS) is 1. The van der Waals surface area contributed by atoms with Crippen LogP contribution in [-0.2, 0) is 32.6 Å². The van der Waals surface area contributed by atoms with Crippen molar-refractivity contribution in [2.75, 3.05) is 10.8 Å². The summed E-state index contributed by atoms with van der Waals surface area (Å²) in [5, 5.41) is 12.0. The zero-order valence-corrected chi connectivity index (χ0v) is 21.1. The SMILES string of the molecule is Cc1ccc(S(=O)(=O)N(CC(=O)NCc2ccc(CCC(=O)O)cc2)c2cccc(Cl)c2C)cc1. The van der Waals surface area contributed by atoms with E-state index in [2.05, 4.69) is 5.32 Å². The number of sulfonamides is 1. The first-order chi connectivity index (χ1) is 16.6. The number of amides is 1. The molecule has 0 unspecified atom stereocenters. The predicted octanol–water partition coefficient (Wildman–Crippen LogP) is 4.49. The Morgan fingerprint density at radius 1 is 0.943 bits per heavy atom. The van der Waals surface area contributed by atoms with E-state index in [9.17, 15) is 18.0 Å². The van der Waals surface area contributed by atoms with E-state index in [0.717, 1.165) is 21.0 Å². The van der Waals surface area contributed by atoms with Gasteiger partial charge in [-0.2, -0.15) is 0 Å². The third-order valence-corrected chi connectivity index (χ3v) is 7.73. The number of hydrogen-bond donors (Lipinski definition) is 2. The summed E-state index contributed by atoms with van der Waals surface area (Å²) in [6.45, 7) is 3.35. The number of aryl methyl sites for hydroxylation is 2. The van der Waals surface area contributed by atoms with Crippen LogP contribution in [0.15, 0.2) is 71.6 Å². The standard InChI is InChI=1S/C26H27ClN2O5S/c1-18-6-13-22(14-7-18)35(33,34)29(24-5-3-4-23(27)19(24)2)17-25(30)28-16-21-10-8-20(9-11-21)12-15-26(31)32/h3-11,13-14H,12,15-17H2,1-2H3,(H,28,30)(H,31,32). The van der Waals surface area contributed by atoms with Crippen molar-refractivity contribution in [2.45, 2.75) is 38.1 Å². The molecule has 0 aromatic heterocycles. The van der Waals surface area contributed by atoms with Gasteiger partial charge in [0.15, 0.2) is 0 Å². The lowest BCUT2D eigenvalue weighted by atomic mass is 10.1. The van der Waals surface area contributed by atoms with E-state index in [1.165, 1.54) is 12.1 Å². The number of nitrogens with one attached hydrogen (secondary N) is 1. The minimum absolute atomic E-state index is 0.0459. The van der Waals surface area contributed by atoms with Gasteiger partial charge in [0.25, 0.3) is 10.0 Å². The van der Waals surface area contributed by atoms with Gasteiger partial charge in [0, 0.05) is 18.0 Å². The van der Waals surface area contributed by atoms with Gasteiger partial charge < -0.3 is 10.4 Å². The van der Waals surface area contributed by atoms with Crippen LogP contribution in [0.5, 0.6) is 0 Å². The van der Waals surface area contributed by atoms with Gasteiger partial charge in [-0.3, -0.25) is 13.9 Å². The average molecular weight is 515 g/mol. The van der Waals surface area contributed by atoms with Gasteiger partial charge in [0.05, 0.1) is 10.6 Å². The lowest BCUT2D eigenvalue weighted by Crippen LogP contribution is -2.41. The van der Waals surface area contributed by atoms with Gasteiger partial charge in [0.1, 0.15) is 6.54 Å². The molecule has 0 aliphatic carbocycles. The van der Waals surface area contributed by atoms with E-state index in [1.807, 2.05) is 19.1 Å². The number of nitrogens with zero attached hydrogens (tertiary/aromatic N) is 1. The summed E-state index contributed by atoms with van der Waals surface area (Å²) in [5.74, 6) is -1.34. The molecule has 3 rings (SSSR count). The smallest absolute Gasteiger partial charge is 0.303 e. The fourth-order valence-corrected chi connectivity index (χ4v) is 5.11. The van der Waals surface area contributed by atoms with Crippen LogP contribution >= 0.6 is 11.6 Å². The average Bonchev–Trinajstić information content (AvgIpc) is 2.82. The molecule has 2 N–H and O–H groups in total. The zero-order valence-electron chi connectivity index (χ0n) is 19.5. The highest BCUT2D eigenvalue weighted by Gasteiger charge is 2.28. The number of hydrogen-bond acceptors (Lipinski definition) is 4. The molecule has 7 nitrogen and oxygen atoms in total. The van der Waals surface area contributed by atoms with Crippen molar-refractivity contribution in [3.05, 3.63) is 94.0 Å². The number of benzene rings is 3. The molecular weight excluding hydrogens is 488 g/mol. The maximum atomic E-state index is 13.5. The molecule has 3 aromatic carbocycles. The predicted molar refractivity (Wildman–Crippen MR) is 136 cm³/mol. The number of carboxylic acids is 1. The summed E-state index contributed by atoms with van der Waals surface area (Å²) in [6.07, 6.45) is 0.469. The van der Waals surface area contributed by atoms with Gasteiger partial charge in [-0.25, -0.2) is 8.42 Å². The molecule has 0 radical (unpaired) electrons. The lowest BCUT2D eigenvalue weighted by molar-refractivity contribution is -0.137. The van der Waals surface area contributed by atoms with E-state index in [0.29, 0.717) is 22.7 Å². The van der Waals surface area contributed by atoms with Crippen LogP contribution in [0.3, 0.4) is 0 Å². The number of rotatable bonds is 10. The number of halogens is 1. The van der Waals surface area contributed by atoms with E-state index >= 15 is 0 Å². The van der Waals surface area contributed by atoms with Gasteiger partial charge in [0.2, 0.25) is 5.91 Å². The second-order valence-corrected chi connectivity index (χ2v) is 10.5. The molecular formula is C26H27ClN2O5S. The number of anilines is 1. The topological polar surface area (TPSA) is 104 Å². The Balaban J connectivity index is 1.79. The summed E-state index contributed by atoms with van der Waals surface area (Å²) in [5.41, 5.74) is 3.49. The monoisotopic (exact) mass is 514 g/mol. The van der Waals surface area contributed by atoms with E-state index < -0.39 is 28.4 Å². The molecule has 0 atom stereocenters. The molecule has 0 fully saturated rings. The van der Waals surface area contributed by atoms with Gasteiger partial charge in [-0.1, -0.05) is 59.6 Å². The van der Waals surface area contributed by atoms with E-state index in [1.54, 1.807) is 49.4 Å². The molecule has 1 amide bonds. The molecule has 9 heteroatoms. The Morgan fingerprint density at radius 2 is 1.57 bits per heavy atom.